The molecule has 2 aromatic carbocycles. The van der Waals surface area contributed by atoms with Gasteiger partial charge < -0.3 is 9.88 Å². The average Bonchev–Trinajstić information content (AvgIpc) is 3.11. The van der Waals surface area contributed by atoms with Crippen LogP contribution in [0.2, 0.25) is 0 Å². The predicted octanol–water partition coefficient (Wildman–Crippen LogP) is 3.38. The van der Waals surface area contributed by atoms with Crippen LogP contribution in [0, 0.1) is 0 Å². The molecule has 0 bridgehead atoms. The number of para-hydroxylation sites is 1. The van der Waals surface area contributed by atoms with E-state index in [9.17, 15) is 4.79 Å². The van der Waals surface area contributed by atoms with E-state index in [0.717, 1.165) is 46.2 Å². The molecule has 0 aliphatic carbocycles. The Balaban J connectivity index is 1.90. The molecule has 0 radical (unpaired) electrons. The topological polar surface area (TPSA) is 34.0 Å². The Labute approximate surface area is 123 Å². The summed E-state index contributed by atoms with van der Waals surface area (Å²) in [5.74, 6) is 0.118. The average molecular weight is 276 g/mol. The molecule has 1 aliphatic heterocycles. The summed E-state index contributed by atoms with van der Waals surface area (Å²) in [6.07, 6.45) is 2.86. The molecule has 1 aliphatic rings. The first-order valence-corrected chi connectivity index (χ1v) is 7.20. The van der Waals surface area contributed by atoms with Crippen molar-refractivity contribution in [2.24, 2.45) is 7.05 Å². The van der Waals surface area contributed by atoms with E-state index in [2.05, 4.69) is 5.32 Å². The van der Waals surface area contributed by atoms with Crippen molar-refractivity contribution in [2.45, 2.75) is 6.42 Å². The maximum Gasteiger partial charge on any atom is 0.195 e. The molecule has 0 unspecified atom stereocenters. The van der Waals surface area contributed by atoms with Crippen molar-refractivity contribution in [2.75, 3.05) is 11.9 Å². The van der Waals surface area contributed by atoms with Gasteiger partial charge in [-0.05, 0) is 24.1 Å². The van der Waals surface area contributed by atoms with Gasteiger partial charge in [0.1, 0.15) is 0 Å². The molecule has 21 heavy (non-hydrogen) atoms. The second-order valence-electron chi connectivity index (χ2n) is 5.51. The third-order valence-electron chi connectivity index (χ3n) is 4.25. The maximum atomic E-state index is 13.0. The number of rotatable bonds is 2. The van der Waals surface area contributed by atoms with Gasteiger partial charge in [-0.2, -0.15) is 0 Å². The summed E-state index contributed by atoms with van der Waals surface area (Å²) in [6.45, 7) is 0.912. The number of fused-ring (bicyclic) bond motifs is 2. The molecule has 1 aromatic heterocycles. The van der Waals surface area contributed by atoms with Crippen LogP contribution in [-0.4, -0.2) is 16.9 Å². The number of nitrogens with zero attached hydrogens (tertiary/aromatic N) is 1. The van der Waals surface area contributed by atoms with E-state index in [-0.39, 0.29) is 5.78 Å². The first-order chi connectivity index (χ1) is 10.3. The van der Waals surface area contributed by atoms with Crippen LogP contribution in [-0.2, 0) is 13.5 Å². The van der Waals surface area contributed by atoms with Crippen molar-refractivity contribution in [3.8, 4) is 0 Å². The molecule has 0 saturated carbocycles. The number of aromatic nitrogens is 1. The molecule has 4 rings (SSSR count). The van der Waals surface area contributed by atoms with Crippen molar-refractivity contribution in [3.63, 3.8) is 0 Å². The van der Waals surface area contributed by atoms with Gasteiger partial charge in [0.15, 0.2) is 5.78 Å². The van der Waals surface area contributed by atoms with Gasteiger partial charge in [-0.25, -0.2) is 0 Å². The largest absolute Gasteiger partial charge is 0.384 e. The zero-order valence-corrected chi connectivity index (χ0v) is 11.9. The Morgan fingerprint density at radius 2 is 1.95 bits per heavy atom. The lowest BCUT2D eigenvalue weighted by Crippen LogP contribution is -2.04. The number of hydrogen-bond acceptors (Lipinski definition) is 2. The van der Waals surface area contributed by atoms with Crippen LogP contribution in [0.25, 0.3) is 10.9 Å². The summed E-state index contributed by atoms with van der Waals surface area (Å²) >= 11 is 0. The van der Waals surface area contributed by atoms with Gasteiger partial charge in [0.05, 0.1) is 0 Å². The van der Waals surface area contributed by atoms with Crippen LogP contribution in [0.3, 0.4) is 0 Å². The summed E-state index contributed by atoms with van der Waals surface area (Å²) in [5, 5.41) is 4.35. The molecule has 0 saturated heterocycles. The molecule has 3 nitrogen and oxygen atoms in total. The van der Waals surface area contributed by atoms with E-state index >= 15 is 0 Å². The fourth-order valence-electron chi connectivity index (χ4n) is 3.22. The monoisotopic (exact) mass is 276 g/mol. The number of aryl methyl sites for hydroxylation is 1. The number of anilines is 1. The van der Waals surface area contributed by atoms with Gasteiger partial charge in [0.2, 0.25) is 0 Å². The molecule has 3 heteroatoms. The van der Waals surface area contributed by atoms with E-state index < -0.39 is 0 Å². The lowest BCUT2D eigenvalue weighted by atomic mass is 9.96. The van der Waals surface area contributed by atoms with E-state index in [1.807, 2.05) is 60.3 Å². The minimum Gasteiger partial charge on any atom is -0.384 e. The number of carbonyl (C=O) groups is 1. The third kappa shape index (κ3) is 1.77. The molecule has 1 N–H and O–H groups in total. The molecule has 0 spiro atoms. The standard InChI is InChI=1S/C18H16N2O/c1-20-11-15(13-5-2-3-8-17(13)20)18(21)14-6-4-7-16-12(14)9-10-19-16/h2-8,11,19H,9-10H2,1H3. The first kappa shape index (κ1) is 12.2. The Bertz CT molecular complexity index is 861. The molecule has 0 atom stereocenters. The highest BCUT2D eigenvalue weighted by Gasteiger charge is 2.21. The number of carbonyl (C=O) groups excluding carboxylic acids is 1. The van der Waals surface area contributed by atoms with Gasteiger partial charge >= 0.3 is 0 Å². The number of nitrogens with one attached hydrogen (secondary N) is 1. The van der Waals surface area contributed by atoms with Crippen molar-refractivity contribution < 1.29 is 4.79 Å². The van der Waals surface area contributed by atoms with E-state index in [1.165, 1.54) is 0 Å². The molecular weight excluding hydrogens is 260 g/mol. The molecule has 3 aromatic rings. The Morgan fingerprint density at radius 3 is 2.86 bits per heavy atom. The zero-order valence-electron chi connectivity index (χ0n) is 11.9. The van der Waals surface area contributed by atoms with Crippen molar-refractivity contribution >= 4 is 22.4 Å². The van der Waals surface area contributed by atoms with Crippen molar-refractivity contribution in [1.82, 2.24) is 4.57 Å². The Hall–Kier alpha value is -2.55. The smallest absolute Gasteiger partial charge is 0.195 e. The molecule has 0 fully saturated rings. The minimum atomic E-state index is 0.118. The van der Waals surface area contributed by atoms with Gasteiger partial charge in [-0.1, -0.05) is 30.3 Å². The van der Waals surface area contributed by atoms with Gasteiger partial charge in [0, 0.05) is 47.5 Å². The summed E-state index contributed by atoms with van der Waals surface area (Å²) in [5.41, 5.74) is 4.95. The lowest BCUT2D eigenvalue weighted by Gasteiger charge is -2.06. The highest BCUT2D eigenvalue weighted by molar-refractivity contribution is 6.17. The Kier molecular flexibility index (Phi) is 2.61. The normalized spacial score (nSPS) is 13.2. The summed E-state index contributed by atoms with van der Waals surface area (Å²) in [7, 11) is 1.98. The SMILES string of the molecule is Cn1cc(C(=O)c2cccc3c2CCN3)c2ccccc21. The van der Waals surface area contributed by atoms with Crippen LogP contribution in [0.5, 0.6) is 0 Å². The minimum absolute atomic E-state index is 0.118. The highest BCUT2D eigenvalue weighted by Crippen LogP contribution is 2.29. The number of ketones is 1. The van der Waals surface area contributed by atoms with Crippen LogP contribution in [0.15, 0.2) is 48.7 Å². The molecule has 104 valence electrons. The fraction of sp³-hybridized carbons (Fsp3) is 0.167. The van der Waals surface area contributed by atoms with Crippen LogP contribution < -0.4 is 5.32 Å². The van der Waals surface area contributed by atoms with Crippen molar-refractivity contribution in [1.29, 1.82) is 0 Å². The Morgan fingerprint density at radius 1 is 1.10 bits per heavy atom. The van der Waals surface area contributed by atoms with Gasteiger partial charge in [-0.3, -0.25) is 4.79 Å². The second-order valence-corrected chi connectivity index (χ2v) is 5.51. The van der Waals surface area contributed by atoms with Crippen LogP contribution in [0.1, 0.15) is 21.5 Å². The first-order valence-electron chi connectivity index (χ1n) is 7.20. The van der Waals surface area contributed by atoms with E-state index in [4.69, 9.17) is 0 Å². The summed E-state index contributed by atoms with van der Waals surface area (Å²) < 4.78 is 2.02. The summed E-state index contributed by atoms with van der Waals surface area (Å²) in [6, 6.07) is 14.0. The van der Waals surface area contributed by atoms with Crippen molar-refractivity contribution in [3.05, 3.63) is 65.4 Å². The van der Waals surface area contributed by atoms with Gasteiger partial charge in [0.25, 0.3) is 0 Å². The quantitative estimate of drug-likeness (QED) is 0.728. The fourth-order valence-corrected chi connectivity index (χ4v) is 3.22. The van der Waals surface area contributed by atoms with E-state index in [1.54, 1.807) is 0 Å². The van der Waals surface area contributed by atoms with Crippen LogP contribution in [0.4, 0.5) is 5.69 Å². The zero-order chi connectivity index (χ0) is 14.4. The lowest BCUT2D eigenvalue weighted by molar-refractivity contribution is 0.103. The molecular formula is C18H16N2O. The van der Waals surface area contributed by atoms with E-state index in [0.29, 0.717) is 0 Å². The number of benzene rings is 2. The molecule has 0 amide bonds. The predicted molar refractivity (Wildman–Crippen MR) is 85.0 cm³/mol. The van der Waals surface area contributed by atoms with Gasteiger partial charge in [-0.15, -0.1) is 0 Å². The second kappa shape index (κ2) is 4.48. The maximum absolute atomic E-state index is 13.0. The molecule has 2 heterocycles. The highest BCUT2D eigenvalue weighted by atomic mass is 16.1. The third-order valence-corrected chi connectivity index (χ3v) is 4.25. The summed E-state index contributed by atoms with van der Waals surface area (Å²) in [4.78, 5) is 13.0. The number of hydrogen-bond donors (Lipinski definition) is 1. The van der Waals surface area contributed by atoms with Crippen LogP contribution >= 0.6 is 0 Å².